The average Bonchev–Trinajstić information content (AvgIpc) is 3.40. The molecule has 4 heteroatoms. The van der Waals surface area contributed by atoms with Gasteiger partial charge in [0, 0.05) is 32.8 Å². The van der Waals surface area contributed by atoms with Crippen molar-refractivity contribution in [3.05, 3.63) is 152 Å². The monoisotopic (exact) mass is 641 g/mol. The quantitative estimate of drug-likeness (QED) is 0.142. The second kappa shape index (κ2) is 10.5. The van der Waals surface area contributed by atoms with Gasteiger partial charge in [0.2, 0.25) is 0 Å². The second-order valence-corrected chi connectivity index (χ2v) is 17.9. The highest BCUT2D eigenvalue weighted by molar-refractivity contribution is 7.04. The predicted octanol–water partition coefficient (Wildman–Crippen LogP) is 10.3. The van der Waals surface area contributed by atoms with E-state index in [1.807, 2.05) is 6.07 Å². The van der Waals surface area contributed by atoms with E-state index in [-0.39, 0.29) is 0 Å². The lowest BCUT2D eigenvalue weighted by molar-refractivity contribution is 1.37. The van der Waals surface area contributed by atoms with Gasteiger partial charge in [-0.1, -0.05) is 140 Å². The third kappa shape index (κ3) is 4.24. The summed E-state index contributed by atoms with van der Waals surface area (Å²) in [7, 11) is -1.74. The van der Waals surface area contributed by atoms with E-state index in [1.165, 1.54) is 26.9 Å². The molecular formula is C45H31N3Si. The van der Waals surface area contributed by atoms with Gasteiger partial charge < -0.3 is 0 Å². The number of hydrogen-bond acceptors (Lipinski definition) is 3. The standard InChI is InChI=1S/C45H31N3Si/c1-49(2)41-15-9-8-14-36(41)43-35-22-25-38(46-40(35)26-27-42(43)49)33-20-21-34(32-13-7-6-12-31(32)33)39-24-19-30-17-16-29-18-23-37(28-10-4-3-5-11-28)47-44(29)45(30)48-39/h3-27H,1-2H3. The summed E-state index contributed by atoms with van der Waals surface area (Å²) in [6.45, 7) is 4.93. The van der Waals surface area contributed by atoms with E-state index in [1.54, 1.807) is 0 Å². The molecule has 0 radical (unpaired) electrons. The van der Waals surface area contributed by atoms with Crippen molar-refractivity contribution in [3.8, 4) is 44.9 Å². The molecule has 0 saturated heterocycles. The summed E-state index contributed by atoms with van der Waals surface area (Å²) in [6, 6.07) is 54.2. The summed E-state index contributed by atoms with van der Waals surface area (Å²) in [4.78, 5) is 15.7. The smallest absolute Gasteiger partial charge is 0.113 e. The highest BCUT2D eigenvalue weighted by Crippen LogP contribution is 2.38. The van der Waals surface area contributed by atoms with Crippen LogP contribution in [0.15, 0.2) is 152 Å². The van der Waals surface area contributed by atoms with Crippen molar-refractivity contribution in [1.29, 1.82) is 0 Å². The van der Waals surface area contributed by atoms with Gasteiger partial charge in [0.05, 0.1) is 33.6 Å². The second-order valence-electron chi connectivity index (χ2n) is 13.6. The van der Waals surface area contributed by atoms with E-state index in [9.17, 15) is 0 Å². The molecule has 4 heterocycles. The Labute approximate surface area is 285 Å². The summed E-state index contributed by atoms with van der Waals surface area (Å²) in [5.74, 6) is 0. The molecule has 1 aliphatic heterocycles. The van der Waals surface area contributed by atoms with E-state index in [0.717, 1.165) is 71.9 Å². The molecule has 0 N–H and O–H groups in total. The molecule has 3 aromatic heterocycles. The van der Waals surface area contributed by atoms with E-state index in [0.29, 0.717) is 0 Å². The Morgan fingerprint density at radius 3 is 1.69 bits per heavy atom. The van der Waals surface area contributed by atoms with Crippen molar-refractivity contribution in [3.63, 3.8) is 0 Å². The van der Waals surface area contributed by atoms with Crippen LogP contribution >= 0.6 is 0 Å². The summed E-state index contributed by atoms with van der Waals surface area (Å²) in [5, 5.41) is 8.75. The molecule has 0 saturated carbocycles. The molecule has 0 aliphatic carbocycles. The Kier molecular flexibility index (Phi) is 6.02. The molecule has 1 aliphatic rings. The highest BCUT2D eigenvalue weighted by atomic mass is 28.3. The fourth-order valence-electron chi connectivity index (χ4n) is 7.99. The van der Waals surface area contributed by atoms with Gasteiger partial charge in [-0.2, -0.15) is 0 Å². The molecule has 0 bridgehead atoms. The van der Waals surface area contributed by atoms with E-state index >= 15 is 0 Å². The van der Waals surface area contributed by atoms with Crippen LogP contribution in [0.5, 0.6) is 0 Å². The molecule has 230 valence electrons. The first-order valence-corrected chi connectivity index (χ1v) is 19.9. The minimum Gasteiger partial charge on any atom is -0.248 e. The van der Waals surface area contributed by atoms with Crippen molar-refractivity contribution < 1.29 is 0 Å². The minimum absolute atomic E-state index is 0.914. The topological polar surface area (TPSA) is 38.7 Å². The zero-order chi connectivity index (χ0) is 32.7. The van der Waals surface area contributed by atoms with E-state index in [4.69, 9.17) is 15.0 Å². The predicted molar refractivity (Wildman–Crippen MR) is 208 cm³/mol. The number of pyridine rings is 3. The Hall–Kier alpha value is -5.97. The van der Waals surface area contributed by atoms with Gasteiger partial charge in [-0.05, 0) is 56.5 Å². The molecule has 0 atom stereocenters. The number of nitrogens with zero attached hydrogens (tertiary/aromatic N) is 3. The van der Waals surface area contributed by atoms with Crippen LogP contribution in [0.2, 0.25) is 13.1 Å². The number of rotatable bonds is 3. The molecule has 49 heavy (non-hydrogen) atoms. The van der Waals surface area contributed by atoms with Crippen LogP contribution in [0.4, 0.5) is 0 Å². The van der Waals surface area contributed by atoms with Gasteiger partial charge in [0.15, 0.2) is 0 Å². The molecular weight excluding hydrogens is 611 g/mol. The number of benzene rings is 6. The first-order valence-electron chi connectivity index (χ1n) is 16.9. The summed E-state index contributed by atoms with van der Waals surface area (Å²) < 4.78 is 0. The first-order chi connectivity index (χ1) is 24.0. The van der Waals surface area contributed by atoms with Crippen LogP contribution in [0.1, 0.15) is 0 Å². The van der Waals surface area contributed by atoms with Gasteiger partial charge in [0.1, 0.15) is 8.07 Å². The molecule has 3 nitrogen and oxygen atoms in total. The minimum atomic E-state index is -1.74. The van der Waals surface area contributed by atoms with Crippen molar-refractivity contribution in [2.24, 2.45) is 0 Å². The molecule has 0 unspecified atom stereocenters. The fraction of sp³-hybridized carbons (Fsp3) is 0.0444. The maximum absolute atomic E-state index is 5.30. The molecule has 6 aromatic carbocycles. The van der Waals surface area contributed by atoms with Gasteiger partial charge in [0.25, 0.3) is 0 Å². The van der Waals surface area contributed by atoms with Gasteiger partial charge in [-0.15, -0.1) is 0 Å². The maximum atomic E-state index is 5.30. The lowest BCUT2D eigenvalue weighted by Crippen LogP contribution is -2.49. The lowest BCUT2D eigenvalue weighted by Gasteiger charge is -2.18. The van der Waals surface area contributed by atoms with Crippen LogP contribution in [-0.2, 0) is 0 Å². The van der Waals surface area contributed by atoms with Crippen molar-refractivity contribution in [2.75, 3.05) is 0 Å². The van der Waals surface area contributed by atoms with Gasteiger partial charge in [-0.25, -0.2) is 15.0 Å². The average molecular weight is 642 g/mol. The van der Waals surface area contributed by atoms with Crippen LogP contribution in [0.3, 0.4) is 0 Å². The van der Waals surface area contributed by atoms with E-state index < -0.39 is 8.07 Å². The van der Waals surface area contributed by atoms with Crippen LogP contribution in [0.25, 0.3) is 88.4 Å². The number of aromatic nitrogens is 3. The Balaban J connectivity index is 1.11. The Morgan fingerprint density at radius 2 is 0.959 bits per heavy atom. The van der Waals surface area contributed by atoms with Crippen molar-refractivity contribution >= 4 is 61.9 Å². The van der Waals surface area contributed by atoms with Gasteiger partial charge in [-0.3, -0.25) is 0 Å². The molecule has 0 fully saturated rings. The Bertz CT molecular complexity index is 2800. The first kappa shape index (κ1) is 28.1. The molecule has 0 spiro atoms. The molecule has 0 amide bonds. The largest absolute Gasteiger partial charge is 0.248 e. The van der Waals surface area contributed by atoms with Crippen LogP contribution < -0.4 is 10.4 Å². The van der Waals surface area contributed by atoms with Crippen LogP contribution in [0, 0.1) is 0 Å². The number of hydrogen-bond donors (Lipinski definition) is 0. The molecule has 10 rings (SSSR count). The summed E-state index contributed by atoms with van der Waals surface area (Å²) in [6.07, 6.45) is 0. The SMILES string of the molecule is C[Si]1(C)c2ccccc2-c2c1ccc1nc(-c3ccc(-c4ccc5ccc6ccc(-c7ccccc7)nc6c5n4)c4ccccc34)ccc21. The summed E-state index contributed by atoms with van der Waals surface area (Å²) in [5.41, 5.74) is 11.8. The van der Waals surface area contributed by atoms with Crippen molar-refractivity contribution in [1.82, 2.24) is 15.0 Å². The zero-order valence-electron chi connectivity index (χ0n) is 27.3. The van der Waals surface area contributed by atoms with E-state index in [2.05, 4.69) is 159 Å². The maximum Gasteiger partial charge on any atom is 0.113 e. The normalized spacial score (nSPS) is 13.3. The Morgan fingerprint density at radius 1 is 0.388 bits per heavy atom. The number of fused-ring (bicyclic) bond motifs is 9. The zero-order valence-corrected chi connectivity index (χ0v) is 28.3. The third-order valence-electron chi connectivity index (χ3n) is 10.5. The summed E-state index contributed by atoms with van der Waals surface area (Å²) >= 11 is 0. The van der Waals surface area contributed by atoms with Gasteiger partial charge >= 0.3 is 0 Å². The third-order valence-corrected chi connectivity index (χ3v) is 14.0. The highest BCUT2D eigenvalue weighted by Gasteiger charge is 2.38. The van der Waals surface area contributed by atoms with Crippen molar-refractivity contribution in [2.45, 2.75) is 13.1 Å². The fourth-order valence-corrected chi connectivity index (χ4v) is 11.1. The molecule has 9 aromatic rings. The van der Waals surface area contributed by atoms with Crippen LogP contribution in [-0.4, -0.2) is 23.0 Å². The lowest BCUT2D eigenvalue weighted by atomic mass is 9.94.